The van der Waals surface area contributed by atoms with Crippen LogP contribution in [0.3, 0.4) is 0 Å². The zero-order valence-electron chi connectivity index (χ0n) is 24.7. The molecule has 0 saturated carbocycles. The van der Waals surface area contributed by atoms with Gasteiger partial charge in [-0.1, -0.05) is 17.9 Å². The van der Waals surface area contributed by atoms with Gasteiger partial charge in [0.15, 0.2) is 23.9 Å². The lowest BCUT2D eigenvalue weighted by molar-refractivity contribution is 0.0556. The molecule has 0 radical (unpaired) electrons. The Morgan fingerprint density at radius 1 is 0.857 bits per heavy atom. The molecule has 3 aromatic carbocycles. The number of rotatable bonds is 9. The second-order valence-corrected chi connectivity index (χ2v) is 9.59. The molecule has 0 heterocycles. The number of hydrogen-bond donors (Lipinski definition) is 0. The highest BCUT2D eigenvalue weighted by molar-refractivity contribution is 5.89. The molecule has 1 unspecified atom stereocenters. The Labute approximate surface area is 245 Å². The zero-order chi connectivity index (χ0) is 30.2. The number of aryl methyl sites for hydroxylation is 1. The van der Waals surface area contributed by atoms with E-state index in [9.17, 15) is 9.59 Å². The molecule has 220 valence electrons. The van der Waals surface area contributed by atoms with E-state index in [1.165, 1.54) is 7.11 Å². The Morgan fingerprint density at radius 3 is 2.21 bits per heavy atom. The topological polar surface area (TPSA) is 92.8 Å². The van der Waals surface area contributed by atoms with Crippen LogP contribution in [-0.2, 0) is 11.2 Å². The van der Waals surface area contributed by atoms with Gasteiger partial charge in [-0.05, 0) is 79.0 Å². The number of hydrogen-bond acceptors (Lipinski definition) is 9. The number of fused-ring (bicyclic) bond motifs is 3. The van der Waals surface area contributed by atoms with Crippen molar-refractivity contribution < 1.29 is 33.2 Å². The summed E-state index contributed by atoms with van der Waals surface area (Å²) in [5.41, 5.74) is 3.70. The lowest BCUT2D eigenvalue weighted by atomic mass is 9.95. The Morgan fingerprint density at radius 2 is 1.57 bits per heavy atom. The molecular weight excluding hydrogens is 538 g/mol. The van der Waals surface area contributed by atoms with Crippen molar-refractivity contribution in [3.8, 4) is 51.7 Å². The van der Waals surface area contributed by atoms with E-state index in [1.54, 1.807) is 64.8 Å². The van der Waals surface area contributed by atoms with Crippen LogP contribution in [0.2, 0.25) is 0 Å². The molecule has 1 aliphatic carbocycles. The minimum atomic E-state index is -0.458. The van der Waals surface area contributed by atoms with E-state index in [-0.39, 0.29) is 23.8 Å². The lowest BCUT2D eigenvalue weighted by Gasteiger charge is -2.26. The standard InChI is InChI=1S/C33H35NO8/c1-34(17-7-8-18-42-33(36)21-9-12-23(37-2)13-10-21)26-15-11-22-19-29(39-4)31(40-5)32(41-6)30(22)24-14-16-28(38-3)27(35)20-25(24)26/h9-10,12-14,16,19-20,26H,11,15,17-18H2,1-6H3. The van der Waals surface area contributed by atoms with Crippen LogP contribution in [0.1, 0.15) is 33.9 Å². The number of esters is 1. The zero-order valence-corrected chi connectivity index (χ0v) is 24.7. The molecule has 3 aromatic rings. The fourth-order valence-corrected chi connectivity index (χ4v) is 5.16. The summed E-state index contributed by atoms with van der Waals surface area (Å²) in [6.07, 6.45) is 1.40. The van der Waals surface area contributed by atoms with Gasteiger partial charge in [0.2, 0.25) is 11.2 Å². The average Bonchev–Trinajstić information content (AvgIpc) is 3.27. The molecule has 0 spiro atoms. The molecule has 9 heteroatoms. The van der Waals surface area contributed by atoms with Gasteiger partial charge in [-0.3, -0.25) is 9.69 Å². The van der Waals surface area contributed by atoms with Crippen LogP contribution in [-0.4, -0.2) is 66.6 Å². The van der Waals surface area contributed by atoms with E-state index in [0.29, 0.717) is 47.9 Å². The van der Waals surface area contributed by atoms with Crippen molar-refractivity contribution in [2.24, 2.45) is 0 Å². The lowest BCUT2D eigenvalue weighted by Crippen LogP contribution is -2.26. The highest BCUT2D eigenvalue weighted by Crippen LogP contribution is 2.50. The van der Waals surface area contributed by atoms with Gasteiger partial charge in [0, 0.05) is 11.6 Å². The number of benzene rings is 2. The molecule has 1 atom stereocenters. The molecule has 1 aliphatic rings. The molecule has 0 aromatic heterocycles. The normalized spacial score (nSPS) is 13.5. The van der Waals surface area contributed by atoms with Gasteiger partial charge in [0.1, 0.15) is 5.75 Å². The van der Waals surface area contributed by atoms with Crippen molar-refractivity contribution in [3.63, 3.8) is 0 Å². The molecule has 0 amide bonds. The second kappa shape index (κ2) is 13.8. The third-order valence-corrected chi connectivity index (χ3v) is 7.28. The first-order valence-electron chi connectivity index (χ1n) is 13.4. The van der Waals surface area contributed by atoms with Crippen molar-refractivity contribution in [2.45, 2.75) is 18.9 Å². The minimum Gasteiger partial charge on any atom is -0.497 e. The van der Waals surface area contributed by atoms with E-state index in [4.69, 9.17) is 28.4 Å². The third kappa shape index (κ3) is 6.29. The summed E-state index contributed by atoms with van der Waals surface area (Å²) in [7, 11) is 9.74. The summed E-state index contributed by atoms with van der Waals surface area (Å²) in [5, 5.41) is 0. The first kappa shape index (κ1) is 30.3. The molecule has 4 rings (SSSR count). The fourth-order valence-electron chi connectivity index (χ4n) is 5.16. The second-order valence-electron chi connectivity index (χ2n) is 9.59. The highest BCUT2D eigenvalue weighted by Gasteiger charge is 2.30. The Bertz CT molecular complexity index is 1560. The van der Waals surface area contributed by atoms with Crippen LogP contribution in [0.4, 0.5) is 0 Å². The molecule has 9 nitrogen and oxygen atoms in total. The predicted molar refractivity (Wildman–Crippen MR) is 159 cm³/mol. The van der Waals surface area contributed by atoms with Crippen LogP contribution >= 0.6 is 0 Å². The Kier molecular flexibility index (Phi) is 9.94. The summed E-state index contributed by atoms with van der Waals surface area (Å²) >= 11 is 0. The maximum atomic E-state index is 13.1. The van der Waals surface area contributed by atoms with Crippen LogP contribution in [0.15, 0.2) is 53.3 Å². The monoisotopic (exact) mass is 573 g/mol. The molecular formula is C33H35NO8. The van der Waals surface area contributed by atoms with E-state index < -0.39 is 5.97 Å². The first-order chi connectivity index (χ1) is 20.4. The van der Waals surface area contributed by atoms with Crippen LogP contribution in [0.25, 0.3) is 11.1 Å². The Hall–Kier alpha value is -4.68. The van der Waals surface area contributed by atoms with Crippen molar-refractivity contribution >= 4 is 5.97 Å². The van der Waals surface area contributed by atoms with Gasteiger partial charge in [0.05, 0.1) is 47.7 Å². The molecule has 0 N–H and O–H groups in total. The van der Waals surface area contributed by atoms with Gasteiger partial charge >= 0.3 is 5.97 Å². The number of carbonyl (C=O) groups is 1. The average molecular weight is 574 g/mol. The van der Waals surface area contributed by atoms with Gasteiger partial charge in [-0.15, -0.1) is 0 Å². The summed E-state index contributed by atoms with van der Waals surface area (Å²) in [6.45, 7) is 0.341. The van der Waals surface area contributed by atoms with Crippen molar-refractivity contribution in [2.75, 3.05) is 55.7 Å². The largest absolute Gasteiger partial charge is 0.497 e. The van der Waals surface area contributed by atoms with Gasteiger partial charge < -0.3 is 28.4 Å². The molecule has 0 saturated heterocycles. The fraction of sp³-hybridized carbons (Fsp3) is 0.333. The maximum absolute atomic E-state index is 13.1. The molecule has 0 fully saturated rings. The summed E-state index contributed by atoms with van der Waals surface area (Å²) in [6, 6.07) is 13.7. The minimum absolute atomic E-state index is 0.0426. The number of ether oxygens (including phenoxy) is 6. The SMILES string of the molecule is COc1ccc(C(=O)OCC#CCN(C)C2CCc3cc(OC)c(OC)c(OC)c3-c3ccc(OC)c(=O)cc32)cc1. The number of nitrogens with zero attached hydrogens (tertiary/aromatic N) is 1. The molecule has 42 heavy (non-hydrogen) atoms. The highest BCUT2D eigenvalue weighted by atomic mass is 16.5. The van der Waals surface area contributed by atoms with Gasteiger partial charge in [-0.2, -0.15) is 0 Å². The number of carbonyl (C=O) groups excluding carboxylic acids is 1. The van der Waals surface area contributed by atoms with E-state index in [1.807, 2.05) is 19.2 Å². The third-order valence-electron chi connectivity index (χ3n) is 7.28. The maximum Gasteiger partial charge on any atom is 0.339 e. The summed E-state index contributed by atoms with van der Waals surface area (Å²) in [4.78, 5) is 27.5. The molecule has 0 aliphatic heterocycles. The number of methoxy groups -OCH3 is 5. The van der Waals surface area contributed by atoms with Crippen molar-refractivity contribution in [3.05, 3.63) is 75.4 Å². The van der Waals surface area contributed by atoms with Crippen molar-refractivity contribution in [1.82, 2.24) is 4.90 Å². The summed E-state index contributed by atoms with van der Waals surface area (Å²) in [5.74, 6) is 8.04. The van der Waals surface area contributed by atoms with Gasteiger partial charge in [-0.25, -0.2) is 4.79 Å². The predicted octanol–water partition coefficient (Wildman–Crippen LogP) is 4.54. The summed E-state index contributed by atoms with van der Waals surface area (Å²) < 4.78 is 32.9. The Balaban J connectivity index is 1.63. The van der Waals surface area contributed by atoms with E-state index in [0.717, 1.165) is 22.3 Å². The van der Waals surface area contributed by atoms with Crippen LogP contribution in [0, 0.1) is 11.8 Å². The van der Waals surface area contributed by atoms with Gasteiger partial charge in [0.25, 0.3) is 0 Å². The van der Waals surface area contributed by atoms with Crippen LogP contribution in [0.5, 0.6) is 28.7 Å². The van der Waals surface area contributed by atoms with Crippen molar-refractivity contribution in [1.29, 1.82) is 0 Å². The smallest absolute Gasteiger partial charge is 0.339 e. The van der Waals surface area contributed by atoms with Crippen LogP contribution < -0.4 is 29.1 Å². The van der Waals surface area contributed by atoms with E-state index >= 15 is 0 Å². The molecule has 0 bridgehead atoms. The quantitative estimate of drug-likeness (QED) is 0.270. The first-order valence-corrected chi connectivity index (χ1v) is 13.4. The van der Waals surface area contributed by atoms with E-state index in [2.05, 4.69) is 16.7 Å².